The molecule has 0 bridgehead atoms. The zero-order chi connectivity index (χ0) is 7.56. The van der Waals surface area contributed by atoms with E-state index >= 15 is 0 Å². The second kappa shape index (κ2) is 3.38. The molecule has 60 valence electrons. The zero-order valence-corrected chi connectivity index (χ0v) is 7.14. The fourth-order valence-electron chi connectivity index (χ4n) is 2.02. The topological polar surface area (TPSA) is 26.0 Å². The molecule has 1 nitrogen and oxygen atoms in total. The molecule has 0 heterocycles. The molecule has 3 atom stereocenters. The second-order valence-electron chi connectivity index (χ2n) is 3.76. The Morgan fingerprint density at radius 1 is 1.30 bits per heavy atom. The van der Waals surface area contributed by atoms with Crippen molar-refractivity contribution < 1.29 is 0 Å². The molecule has 0 spiro atoms. The van der Waals surface area contributed by atoms with Gasteiger partial charge in [-0.15, -0.1) is 0 Å². The Bertz CT molecular complexity index is 101. The van der Waals surface area contributed by atoms with Crippen LogP contribution in [-0.2, 0) is 0 Å². The third kappa shape index (κ3) is 1.51. The molecule has 1 rings (SSSR count). The summed E-state index contributed by atoms with van der Waals surface area (Å²) in [5, 5.41) is 0. The van der Waals surface area contributed by atoms with E-state index in [0.29, 0.717) is 0 Å². The lowest BCUT2D eigenvalue weighted by atomic mass is 9.74. The molecule has 1 heteroatoms. The Kier molecular flexibility index (Phi) is 2.72. The van der Waals surface area contributed by atoms with Gasteiger partial charge in [-0.3, -0.25) is 0 Å². The molecule has 0 radical (unpaired) electrons. The normalized spacial score (nSPS) is 41.7. The van der Waals surface area contributed by atoms with Crippen LogP contribution < -0.4 is 5.73 Å². The third-order valence-corrected chi connectivity index (χ3v) is 3.18. The van der Waals surface area contributed by atoms with Crippen molar-refractivity contribution in [2.24, 2.45) is 23.5 Å². The van der Waals surface area contributed by atoms with Crippen LogP contribution in [0.4, 0.5) is 0 Å². The molecule has 0 aliphatic heterocycles. The molecular weight excluding hydrogens is 122 g/mol. The van der Waals surface area contributed by atoms with Crippen LogP contribution in [0.25, 0.3) is 0 Å². The molecule has 0 aromatic carbocycles. The van der Waals surface area contributed by atoms with Gasteiger partial charge in [0.2, 0.25) is 0 Å². The molecule has 0 unspecified atom stereocenters. The van der Waals surface area contributed by atoms with Crippen LogP contribution in [0.2, 0.25) is 0 Å². The van der Waals surface area contributed by atoms with E-state index in [-0.39, 0.29) is 0 Å². The van der Waals surface area contributed by atoms with Gasteiger partial charge in [0.25, 0.3) is 0 Å². The van der Waals surface area contributed by atoms with E-state index in [2.05, 4.69) is 13.8 Å². The molecule has 2 N–H and O–H groups in total. The summed E-state index contributed by atoms with van der Waals surface area (Å²) in [5.41, 5.74) is 5.66. The number of hydrogen-bond acceptors (Lipinski definition) is 1. The Morgan fingerprint density at radius 2 is 2.00 bits per heavy atom. The summed E-state index contributed by atoms with van der Waals surface area (Å²) in [6.07, 6.45) is 4.17. The highest BCUT2D eigenvalue weighted by Crippen LogP contribution is 2.33. The quantitative estimate of drug-likeness (QED) is 0.594. The molecule has 1 aliphatic carbocycles. The minimum Gasteiger partial charge on any atom is -0.330 e. The van der Waals surface area contributed by atoms with Crippen LogP contribution in [0.1, 0.15) is 33.1 Å². The van der Waals surface area contributed by atoms with Crippen LogP contribution in [0.15, 0.2) is 0 Å². The minimum atomic E-state index is 0.809. The first-order chi connectivity index (χ1) is 4.75. The van der Waals surface area contributed by atoms with E-state index in [9.17, 15) is 0 Å². The van der Waals surface area contributed by atoms with Crippen LogP contribution in [-0.4, -0.2) is 6.54 Å². The lowest BCUT2D eigenvalue weighted by Gasteiger charge is -2.33. The summed E-state index contributed by atoms with van der Waals surface area (Å²) in [7, 11) is 0. The first-order valence-electron chi connectivity index (χ1n) is 4.45. The van der Waals surface area contributed by atoms with E-state index in [0.717, 1.165) is 24.3 Å². The summed E-state index contributed by atoms with van der Waals surface area (Å²) in [4.78, 5) is 0. The highest BCUT2D eigenvalue weighted by atomic mass is 14.6. The van der Waals surface area contributed by atoms with Gasteiger partial charge in [-0.05, 0) is 30.7 Å². The lowest BCUT2D eigenvalue weighted by molar-refractivity contribution is 0.188. The maximum Gasteiger partial charge on any atom is -0.00462 e. The summed E-state index contributed by atoms with van der Waals surface area (Å²) >= 11 is 0. The molecule has 0 saturated heterocycles. The Balaban J connectivity index is 2.42. The van der Waals surface area contributed by atoms with Gasteiger partial charge in [-0.25, -0.2) is 0 Å². The van der Waals surface area contributed by atoms with Crippen molar-refractivity contribution in [1.82, 2.24) is 0 Å². The van der Waals surface area contributed by atoms with Gasteiger partial charge in [0, 0.05) is 0 Å². The standard InChI is InChI=1S/C9H19N/c1-7-4-3-5-9(6-10)8(7)2/h7-9H,3-6,10H2,1-2H3/t7-,8-,9+/m1/s1. The fourth-order valence-corrected chi connectivity index (χ4v) is 2.02. The van der Waals surface area contributed by atoms with Gasteiger partial charge >= 0.3 is 0 Å². The third-order valence-electron chi connectivity index (χ3n) is 3.18. The summed E-state index contributed by atoms with van der Waals surface area (Å²) in [6, 6.07) is 0. The first kappa shape index (κ1) is 8.06. The van der Waals surface area contributed by atoms with Crippen molar-refractivity contribution in [3.05, 3.63) is 0 Å². The van der Waals surface area contributed by atoms with Gasteiger partial charge in [-0.1, -0.05) is 26.7 Å². The fraction of sp³-hybridized carbons (Fsp3) is 1.00. The average molecular weight is 141 g/mol. The SMILES string of the molecule is C[C@H]1[C@H](CN)CCC[C@H]1C. The first-order valence-corrected chi connectivity index (χ1v) is 4.45. The monoisotopic (exact) mass is 141 g/mol. The molecule has 0 aromatic heterocycles. The summed E-state index contributed by atoms with van der Waals surface area (Å²) in [5.74, 6) is 2.57. The van der Waals surface area contributed by atoms with E-state index < -0.39 is 0 Å². The van der Waals surface area contributed by atoms with Gasteiger partial charge < -0.3 is 5.73 Å². The van der Waals surface area contributed by atoms with Crippen LogP contribution in [0, 0.1) is 17.8 Å². The Morgan fingerprint density at radius 3 is 2.50 bits per heavy atom. The van der Waals surface area contributed by atoms with Crippen LogP contribution >= 0.6 is 0 Å². The van der Waals surface area contributed by atoms with Gasteiger partial charge in [-0.2, -0.15) is 0 Å². The molecule has 1 fully saturated rings. The van der Waals surface area contributed by atoms with Gasteiger partial charge in [0.15, 0.2) is 0 Å². The highest BCUT2D eigenvalue weighted by molar-refractivity contribution is 4.77. The Hall–Kier alpha value is -0.0400. The molecular formula is C9H19N. The minimum absolute atomic E-state index is 0.809. The van der Waals surface area contributed by atoms with Crippen molar-refractivity contribution in [2.75, 3.05) is 6.54 Å². The van der Waals surface area contributed by atoms with E-state index in [1.807, 2.05) is 0 Å². The van der Waals surface area contributed by atoms with E-state index in [1.165, 1.54) is 19.3 Å². The second-order valence-corrected chi connectivity index (χ2v) is 3.76. The van der Waals surface area contributed by atoms with E-state index in [1.54, 1.807) is 0 Å². The Labute approximate surface area is 64.0 Å². The van der Waals surface area contributed by atoms with Crippen molar-refractivity contribution >= 4 is 0 Å². The predicted octanol–water partition coefficient (Wildman–Crippen LogP) is 2.02. The smallest absolute Gasteiger partial charge is 0.00462 e. The average Bonchev–Trinajstić information content (AvgIpc) is 1.95. The molecule has 1 aliphatic rings. The highest BCUT2D eigenvalue weighted by Gasteiger charge is 2.25. The van der Waals surface area contributed by atoms with Crippen molar-refractivity contribution in [3.63, 3.8) is 0 Å². The van der Waals surface area contributed by atoms with Gasteiger partial charge in [0.1, 0.15) is 0 Å². The molecule has 0 amide bonds. The van der Waals surface area contributed by atoms with Gasteiger partial charge in [0.05, 0.1) is 0 Å². The predicted molar refractivity (Wildman–Crippen MR) is 44.7 cm³/mol. The number of hydrogen-bond donors (Lipinski definition) is 1. The molecule has 10 heavy (non-hydrogen) atoms. The van der Waals surface area contributed by atoms with Crippen molar-refractivity contribution in [3.8, 4) is 0 Å². The maximum atomic E-state index is 5.66. The molecule has 0 aromatic rings. The summed E-state index contributed by atoms with van der Waals surface area (Å²) < 4.78 is 0. The molecule has 1 saturated carbocycles. The number of rotatable bonds is 1. The van der Waals surface area contributed by atoms with Crippen molar-refractivity contribution in [1.29, 1.82) is 0 Å². The lowest BCUT2D eigenvalue weighted by Crippen LogP contribution is -2.29. The van der Waals surface area contributed by atoms with Crippen molar-refractivity contribution in [2.45, 2.75) is 33.1 Å². The van der Waals surface area contributed by atoms with E-state index in [4.69, 9.17) is 5.73 Å². The van der Waals surface area contributed by atoms with Crippen LogP contribution in [0.3, 0.4) is 0 Å². The maximum absolute atomic E-state index is 5.66. The van der Waals surface area contributed by atoms with Crippen LogP contribution in [0.5, 0.6) is 0 Å². The summed E-state index contributed by atoms with van der Waals surface area (Å²) in [6.45, 7) is 5.60. The number of nitrogens with two attached hydrogens (primary N) is 1. The zero-order valence-electron chi connectivity index (χ0n) is 7.14. The largest absolute Gasteiger partial charge is 0.330 e.